The number of aliphatic imine (C=N–C) groups is 1. The quantitative estimate of drug-likeness (QED) is 0.702. The van der Waals surface area contributed by atoms with Gasteiger partial charge in [-0.25, -0.2) is 14.6 Å². The molecule has 20 heavy (non-hydrogen) atoms. The summed E-state index contributed by atoms with van der Waals surface area (Å²) in [7, 11) is 0. The second kappa shape index (κ2) is 7.57. The Balaban J connectivity index is 0.000000221. The second-order valence-corrected chi connectivity index (χ2v) is 3.71. The lowest BCUT2D eigenvalue weighted by Crippen LogP contribution is -2.12. The number of nitrogens with zero attached hydrogens (tertiary/aromatic N) is 1. The van der Waals surface area contributed by atoms with Crippen molar-refractivity contribution in [1.82, 2.24) is 0 Å². The Kier molecular flexibility index (Phi) is 5.76. The van der Waals surface area contributed by atoms with Crippen LogP contribution in [0, 0.1) is 0 Å². The monoisotopic (exact) mass is 278 g/mol. The molecule has 2 rings (SSSR count). The van der Waals surface area contributed by atoms with Gasteiger partial charge in [-0.2, -0.15) is 0 Å². The Morgan fingerprint density at radius 1 is 1.20 bits per heavy atom. The summed E-state index contributed by atoms with van der Waals surface area (Å²) in [4.78, 5) is 23.1. The summed E-state index contributed by atoms with van der Waals surface area (Å²) in [5, 5.41) is 15.6. The number of carboxylic acids is 2. The number of amidine groups is 1. The largest absolute Gasteiger partial charge is 0.478 e. The number of carbonyl (C=O) groups is 2. The van der Waals surface area contributed by atoms with Crippen molar-refractivity contribution in [3.8, 4) is 0 Å². The van der Waals surface area contributed by atoms with E-state index in [9.17, 15) is 9.59 Å². The third kappa shape index (κ3) is 5.67. The van der Waals surface area contributed by atoms with E-state index < -0.39 is 11.9 Å². The molecule has 106 valence electrons. The van der Waals surface area contributed by atoms with Crippen LogP contribution in [0.4, 0.5) is 0 Å². The number of nitrogens with two attached hydrogens (primary N) is 1. The smallest absolute Gasteiger partial charge is 0.328 e. The molecule has 1 aromatic carbocycles. The molecule has 0 fully saturated rings. The van der Waals surface area contributed by atoms with Gasteiger partial charge >= 0.3 is 11.9 Å². The second-order valence-electron chi connectivity index (χ2n) is 3.71. The van der Waals surface area contributed by atoms with Crippen molar-refractivity contribution in [2.75, 3.05) is 6.54 Å². The van der Waals surface area contributed by atoms with Crippen LogP contribution in [-0.4, -0.2) is 34.7 Å². The molecule has 1 aliphatic rings. The fourth-order valence-electron chi connectivity index (χ4n) is 1.38. The van der Waals surface area contributed by atoms with E-state index in [0.717, 1.165) is 5.56 Å². The van der Waals surface area contributed by atoms with Gasteiger partial charge in [0.1, 0.15) is 6.10 Å². The average molecular weight is 278 g/mol. The maximum absolute atomic E-state index is 9.55. The Morgan fingerprint density at radius 3 is 2.15 bits per heavy atom. The van der Waals surface area contributed by atoms with E-state index in [1.54, 1.807) is 0 Å². The van der Waals surface area contributed by atoms with E-state index in [4.69, 9.17) is 20.7 Å². The maximum Gasteiger partial charge on any atom is 0.328 e. The maximum atomic E-state index is 9.55. The van der Waals surface area contributed by atoms with Gasteiger partial charge in [0.15, 0.2) is 0 Å². The van der Waals surface area contributed by atoms with Gasteiger partial charge in [0, 0.05) is 12.2 Å². The normalized spacial score (nSPS) is 16.8. The molecule has 1 atom stereocenters. The van der Waals surface area contributed by atoms with Gasteiger partial charge in [0.25, 0.3) is 6.02 Å². The van der Waals surface area contributed by atoms with Gasteiger partial charge in [0.2, 0.25) is 0 Å². The van der Waals surface area contributed by atoms with Gasteiger partial charge in [0.05, 0.1) is 6.54 Å². The highest BCUT2D eigenvalue weighted by atomic mass is 16.5. The molecule has 4 N–H and O–H groups in total. The van der Waals surface area contributed by atoms with Crippen molar-refractivity contribution in [1.29, 1.82) is 0 Å². The van der Waals surface area contributed by atoms with Crippen LogP contribution in [-0.2, 0) is 14.3 Å². The first kappa shape index (κ1) is 15.2. The number of carboxylic acid groups (broad SMARTS) is 2. The third-order valence-corrected chi connectivity index (χ3v) is 2.22. The first-order valence-corrected chi connectivity index (χ1v) is 5.64. The minimum Gasteiger partial charge on any atom is -0.478 e. The average Bonchev–Trinajstić information content (AvgIpc) is 2.85. The van der Waals surface area contributed by atoms with Gasteiger partial charge in [-0.1, -0.05) is 30.3 Å². The molecule has 0 radical (unpaired) electrons. The summed E-state index contributed by atoms with van der Waals surface area (Å²) >= 11 is 0. The van der Waals surface area contributed by atoms with Crippen LogP contribution in [0.3, 0.4) is 0 Å². The summed E-state index contributed by atoms with van der Waals surface area (Å²) in [5.41, 5.74) is 6.52. The number of hydrogen-bond acceptors (Lipinski definition) is 5. The Morgan fingerprint density at radius 2 is 1.75 bits per heavy atom. The van der Waals surface area contributed by atoms with Gasteiger partial charge in [-0.3, -0.25) is 0 Å². The first-order valence-electron chi connectivity index (χ1n) is 5.64. The van der Waals surface area contributed by atoms with Crippen molar-refractivity contribution in [2.45, 2.75) is 6.10 Å². The van der Waals surface area contributed by atoms with E-state index in [1.165, 1.54) is 0 Å². The molecule has 1 heterocycles. The van der Waals surface area contributed by atoms with Crippen molar-refractivity contribution in [2.24, 2.45) is 10.7 Å². The van der Waals surface area contributed by atoms with Crippen LogP contribution in [0.2, 0.25) is 0 Å². The van der Waals surface area contributed by atoms with Crippen LogP contribution in [0.15, 0.2) is 47.5 Å². The fraction of sp³-hybridized carbons (Fsp3) is 0.154. The zero-order valence-corrected chi connectivity index (χ0v) is 10.5. The van der Waals surface area contributed by atoms with Crippen molar-refractivity contribution in [3.63, 3.8) is 0 Å². The van der Waals surface area contributed by atoms with Crippen LogP contribution < -0.4 is 5.73 Å². The van der Waals surface area contributed by atoms with Crippen LogP contribution >= 0.6 is 0 Å². The number of hydrogen-bond donors (Lipinski definition) is 3. The standard InChI is InChI=1S/C9H10N2O.C4H4O4/c10-9-11-6-8(12-9)7-4-2-1-3-5-7;5-3(6)1-2-4(7)8/h1-5,8H,6H2,(H2,10,11);1-2H,(H,5,6)(H,7,8)/b;2-1+/t8-;/m0./s1. The Bertz CT molecular complexity index is 509. The molecule has 0 aliphatic carbocycles. The molecule has 1 aromatic rings. The Labute approximate surface area is 115 Å². The van der Waals surface area contributed by atoms with Gasteiger partial charge < -0.3 is 20.7 Å². The molecule has 0 unspecified atom stereocenters. The molecule has 1 aliphatic heterocycles. The molecule has 0 aromatic heterocycles. The summed E-state index contributed by atoms with van der Waals surface area (Å²) in [5.74, 6) is -2.51. The highest BCUT2D eigenvalue weighted by molar-refractivity contribution is 5.89. The number of benzene rings is 1. The predicted molar refractivity (Wildman–Crippen MR) is 71.2 cm³/mol. The summed E-state index contributed by atoms with van der Waals surface area (Å²) in [6.07, 6.45) is 1.14. The Hall–Kier alpha value is -2.83. The first-order chi connectivity index (χ1) is 9.49. The van der Waals surface area contributed by atoms with E-state index in [2.05, 4.69) is 4.99 Å². The molecule has 7 nitrogen and oxygen atoms in total. The lowest BCUT2D eigenvalue weighted by Gasteiger charge is -2.08. The van der Waals surface area contributed by atoms with E-state index in [1.807, 2.05) is 30.3 Å². The highest BCUT2D eigenvalue weighted by Gasteiger charge is 2.18. The molecule has 0 spiro atoms. The molecular formula is C13H14N2O5. The molecule has 7 heteroatoms. The van der Waals surface area contributed by atoms with Gasteiger partial charge in [-0.15, -0.1) is 0 Å². The third-order valence-electron chi connectivity index (χ3n) is 2.22. The zero-order valence-electron chi connectivity index (χ0n) is 10.5. The fourth-order valence-corrected chi connectivity index (χ4v) is 1.38. The van der Waals surface area contributed by atoms with E-state index in [0.29, 0.717) is 24.7 Å². The zero-order chi connectivity index (χ0) is 15.0. The topological polar surface area (TPSA) is 122 Å². The van der Waals surface area contributed by atoms with Crippen LogP contribution in [0.25, 0.3) is 0 Å². The summed E-state index contributed by atoms with van der Waals surface area (Å²) in [6.45, 7) is 0.635. The summed E-state index contributed by atoms with van der Waals surface area (Å²) in [6, 6.07) is 10.3. The lowest BCUT2D eigenvalue weighted by molar-refractivity contribution is -0.134. The highest BCUT2D eigenvalue weighted by Crippen LogP contribution is 2.20. The molecule has 0 saturated carbocycles. The number of ether oxygens (including phenoxy) is 1. The van der Waals surface area contributed by atoms with Crippen molar-refractivity contribution < 1.29 is 24.5 Å². The predicted octanol–water partition coefficient (Wildman–Crippen LogP) is 0.784. The van der Waals surface area contributed by atoms with Crippen LogP contribution in [0.1, 0.15) is 11.7 Å². The molecule has 0 bridgehead atoms. The van der Waals surface area contributed by atoms with Crippen LogP contribution in [0.5, 0.6) is 0 Å². The summed E-state index contributed by atoms with van der Waals surface area (Å²) < 4.78 is 5.28. The minimum atomic E-state index is -1.26. The molecular weight excluding hydrogens is 264 g/mol. The SMILES string of the molecule is NC1=NC[C@@H](c2ccccc2)O1.O=C(O)/C=C/C(=O)O. The number of aliphatic carboxylic acids is 2. The minimum absolute atomic E-state index is 0.0196. The van der Waals surface area contributed by atoms with E-state index in [-0.39, 0.29) is 6.10 Å². The van der Waals surface area contributed by atoms with Crippen molar-refractivity contribution >= 4 is 18.0 Å². The number of rotatable bonds is 3. The lowest BCUT2D eigenvalue weighted by atomic mass is 10.1. The van der Waals surface area contributed by atoms with E-state index >= 15 is 0 Å². The molecule has 0 amide bonds. The molecule has 0 saturated heterocycles. The van der Waals surface area contributed by atoms with Gasteiger partial charge in [-0.05, 0) is 5.56 Å². The van der Waals surface area contributed by atoms with Crippen molar-refractivity contribution in [3.05, 3.63) is 48.0 Å².